The highest BCUT2D eigenvalue weighted by molar-refractivity contribution is 5.83. The van der Waals surface area contributed by atoms with Crippen molar-refractivity contribution in [2.75, 3.05) is 48.6 Å². The summed E-state index contributed by atoms with van der Waals surface area (Å²) in [6.45, 7) is 1.37. The Labute approximate surface area is 204 Å². The number of rotatable bonds is 13. The number of carbonyl (C=O) groups is 1. The number of nitrogens with zero attached hydrogens (tertiary/aromatic N) is 1. The monoisotopic (exact) mass is 484 g/mol. The number of benzene rings is 2. The lowest BCUT2D eigenvalue weighted by molar-refractivity contribution is -0.118. The predicted molar refractivity (Wildman–Crippen MR) is 132 cm³/mol. The highest BCUT2D eigenvalue weighted by atomic mass is 16.5. The molecule has 1 amide bonds. The Bertz CT molecular complexity index is 1120. The summed E-state index contributed by atoms with van der Waals surface area (Å²) < 4.78 is 27.4. The van der Waals surface area contributed by atoms with E-state index in [1.165, 1.54) is 0 Å². The topological polar surface area (TPSA) is 130 Å². The number of amides is 1. The third-order valence-corrected chi connectivity index (χ3v) is 5.59. The standard InChI is InChI=1S/C25H32N4O6/c1-27-8-9-28-19(13-23(26)30)17-10-15(6-7-20(17)31-2)18-14-35-29-24(18)16-11-21(32-3)25(34-5)22(12-16)33-4/h6-7,10-12,14,19,27-28H,8-9,13H2,1-5H3,(H2,26,30). The Morgan fingerprint density at radius 2 is 1.66 bits per heavy atom. The first kappa shape index (κ1) is 25.9. The number of methoxy groups -OCH3 is 4. The van der Waals surface area contributed by atoms with Crippen LogP contribution < -0.4 is 35.3 Å². The summed E-state index contributed by atoms with van der Waals surface area (Å²) in [4.78, 5) is 11.8. The van der Waals surface area contributed by atoms with Crippen molar-refractivity contribution < 1.29 is 28.3 Å². The largest absolute Gasteiger partial charge is 0.496 e. The predicted octanol–water partition coefficient (Wildman–Crippen LogP) is 2.77. The van der Waals surface area contributed by atoms with Crippen molar-refractivity contribution in [2.24, 2.45) is 5.73 Å². The number of hydrogen-bond acceptors (Lipinski definition) is 9. The summed E-state index contributed by atoms with van der Waals surface area (Å²) in [5.74, 6) is 1.71. The van der Waals surface area contributed by atoms with Crippen LogP contribution in [-0.2, 0) is 4.79 Å². The van der Waals surface area contributed by atoms with Gasteiger partial charge in [0.15, 0.2) is 11.5 Å². The van der Waals surface area contributed by atoms with Gasteiger partial charge in [0, 0.05) is 42.2 Å². The Hall–Kier alpha value is -3.76. The molecule has 3 aromatic rings. The SMILES string of the molecule is CNCCNC(CC(N)=O)c1cc(-c2conc2-c2cc(OC)c(OC)c(OC)c2)ccc1OC. The Kier molecular flexibility index (Phi) is 8.93. The van der Waals surface area contributed by atoms with E-state index >= 15 is 0 Å². The smallest absolute Gasteiger partial charge is 0.219 e. The molecule has 0 radical (unpaired) electrons. The fourth-order valence-corrected chi connectivity index (χ4v) is 3.91. The minimum absolute atomic E-state index is 0.118. The number of carbonyl (C=O) groups excluding carboxylic acids is 1. The van der Waals surface area contributed by atoms with Gasteiger partial charge < -0.3 is 39.8 Å². The van der Waals surface area contributed by atoms with E-state index in [-0.39, 0.29) is 12.5 Å². The molecule has 0 fully saturated rings. The normalized spacial score (nSPS) is 11.7. The van der Waals surface area contributed by atoms with E-state index < -0.39 is 5.91 Å². The molecule has 0 spiro atoms. The van der Waals surface area contributed by atoms with Gasteiger partial charge in [0.25, 0.3) is 0 Å². The molecule has 1 atom stereocenters. The van der Waals surface area contributed by atoms with Crippen molar-refractivity contribution in [2.45, 2.75) is 12.5 Å². The van der Waals surface area contributed by atoms with Crippen molar-refractivity contribution in [1.82, 2.24) is 15.8 Å². The maximum atomic E-state index is 11.8. The van der Waals surface area contributed by atoms with E-state index in [1.54, 1.807) is 34.7 Å². The van der Waals surface area contributed by atoms with Crippen LogP contribution in [0.3, 0.4) is 0 Å². The lowest BCUT2D eigenvalue weighted by Crippen LogP contribution is -2.31. The average Bonchev–Trinajstić information content (AvgIpc) is 3.36. The molecule has 2 aromatic carbocycles. The fraction of sp³-hybridized carbons (Fsp3) is 0.360. The highest BCUT2D eigenvalue weighted by Gasteiger charge is 2.22. The summed E-state index contributed by atoms with van der Waals surface area (Å²) >= 11 is 0. The molecule has 0 aliphatic carbocycles. The fourth-order valence-electron chi connectivity index (χ4n) is 3.91. The quantitative estimate of drug-likeness (QED) is 0.314. The van der Waals surface area contributed by atoms with Crippen LogP contribution in [0.4, 0.5) is 0 Å². The summed E-state index contributed by atoms with van der Waals surface area (Å²) in [5.41, 5.74) is 9.24. The number of nitrogens with two attached hydrogens (primary N) is 1. The zero-order chi connectivity index (χ0) is 25.4. The molecular weight excluding hydrogens is 452 g/mol. The van der Waals surface area contributed by atoms with Crippen LogP contribution in [-0.4, -0.2) is 59.6 Å². The van der Waals surface area contributed by atoms with Crippen LogP contribution in [0.25, 0.3) is 22.4 Å². The zero-order valence-electron chi connectivity index (χ0n) is 20.6. The minimum atomic E-state index is -0.414. The lowest BCUT2D eigenvalue weighted by Gasteiger charge is -2.21. The molecule has 10 heteroatoms. The van der Waals surface area contributed by atoms with Gasteiger partial charge in [-0.3, -0.25) is 4.79 Å². The van der Waals surface area contributed by atoms with Crippen LogP contribution in [0.1, 0.15) is 18.0 Å². The van der Waals surface area contributed by atoms with E-state index in [0.29, 0.717) is 35.2 Å². The van der Waals surface area contributed by atoms with E-state index in [2.05, 4.69) is 15.8 Å². The molecule has 10 nitrogen and oxygen atoms in total. The van der Waals surface area contributed by atoms with Gasteiger partial charge in [-0.25, -0.2) is 0 Å². The van der Waals surface area contributed by atoms with Gasteiger partial charge in [0.1, 0.15) is 17.7 Å². The van der Waals surface area contributed by atoms with Crippen LogP contribution in [0.5, 0.6) is 23.0 Å². The summed E-state index contributed by atoms with van der Waals surface area (Å²) in [7, 11) is 8.12. The Morgan fingerprint density at radius 3 is 2.23 bits per heavy atom. The Morgan fingerprint density at radius 1 is 0.971 bits per heavy atom. The number of aromatic nitrogens is 1. The van der Waals surface area contributed by atoms with Crippen molar-refractivity contribution in [3.05, 3.63) is 42.2 Å². The molecule has 0 bridgehead atoms. The molecule has 0 aliphatic rings. The van der Waals surface area contributed by atoms with Gasteiger partial charge in [0.05, 0.1) is 28.4 Å². The van der Waals surface area contributed by atoms with Crippen molar-refractivity contribution in [3.63, 3.8) is 0 Å². The van der Waals surface area contributed by atoms with Gasteiger partial charge in [-0.2, -0.15) is 0 Å². The molecule has 1 heterocycles. The van der Waals surface area contributed by atoms with E-state index in [1.807, 2.05) is 37.4 Å². The van der Waals surface area contributed by atoms with Crippen LogP contribution >= 0.6 is 0 Å². The molecule has 0 saturated heterocycles. The molecule has 1 aromatic heterocycles. The average molecular weight is 485 g/mol. The van der Waals surface area contributed by atoms with Gasteiger partial charge in [-0.1, -0.05) is 11.2 Å². The number of nitrogens with one attached hydrogen (secondary N) is 2. The molecule has 35 heavy (non-hydrogen) atoms. The molecule has 0 saturated carbocycles. The third kappa shape index (κ3) is 5.84. The van der Waals surface area contributed by atoms with Crippen molar-refractivity contribution in [1.29, 1.82) is 0 Å². The zero-order valence-corrected chi connectivity index (χ0v) is 20.6. The molecular formula is C25H32N4O6. The second-order valence-electron chi connectivity index (χ2n) is 7.73. The molecule has 1 unspecified atom stereocenters. The van der Waals surface area contributed by atoms with Crippen LogP contribution in [0.2, 0.25) is 0 Å². The first-order chi connectivity index (χ1) is 17.0. The maximum Gasteiger partial charge on any atom is 0.219 e. The van der Waals surface area contributed by atoms with E-state index in [0.717, 1.165) is 28.8 Å². The van der Waals surface area contributed by atoms with Gasteiger partial charge in [-0.05, 0) is 36.9 Å². The van der Waals surface area contributed by atoms with E-state index in [4.69, 9.17) is 29.2 Å². The van der Waals surface area contributed by atoms with Gasteiger partial charge >= 0.3 is 0 Å². The molecule has 188 valence electrons. The molecule has 3 rings (SSSR count). The Balaban J connectivity index is 2.09. The second-order valence-corrected chi connectivity index (χ2v) is 7.73. The minimum Gasteiger partial charge on any atom is -0.496 e. The number of primary amides is 1. The number of hydrogen-bond donors (Lipinski definition) is 3. The highest BCUT2D eigenvalue weighted by Crippen LogP contribution is 2.43. The van der Waals surface area contributed by atoms with Crippen molar-refractivity contribution >= 4 is 5.91 Å². The first-order valence-corrected chi connectivity index (χ1v) is 11.1. The lowest BCUT2D eigenvalue weighted by atomic mass is 9.95. The molecule has 4 N–H and O–H groups in total. The summed E-state index contributed by atoms with van der Waals surface area (Å²) in [6, 6.07) is 8.99. The number of ether oxygens (including phenoxy) is 4. The third-order valence-electron chi connectivity index (χ3n) is 5.59. The van der Waals surface area contributed by atoms with E-state index in [9.17, 15) is 4.79 Å². The number of likely N-dealkylation sites (N-methyl/N-ethyl adjacent to an activating group) is 1. The summed E-state index contributed by atoms with van der Waals surface area (Å²) in [5, 5.41) is 10.7. The second kappa shape index (κ2) is 12.1. The first-order valence-electron chi connectivity index (χ1n) is 11.1. The van der Waals surface area contributed by atoms with Gasteiger partial charge in [0.2, 0.25) is 11.7 Å². The van der Waals surface area contributed by atoms with Crippen LogP contribution in [0.15, 0.2) is 41.1 Å². The van der Waals surface area contributed by atoms with Crippen molar-refractivity contribution in [3.8, 4) is 45.4 Å². The van der Waals surface area contributed by atoms with Gasteiger partial charge in [-0.15, -0.1) is 0 Å². The summed E-state index contributed by atoms with van der Waals surface area (Å²) in [6.07, 6.45) is 1.69. The van der Waals surface area contributed by atoms with Crippen LogP contribution in [0, 0.1) is 0 Å². The molecule has 0 aliphatic heterocycles. The maximum absolute atomic E-state index is 11.8.